The molecule has 0 spiro atoms. The lowest BCUT2D eigenvalue weighted by molar-refractivity contribution is -0.286. The Morgan fingerprint density at radius 1 is 1.26 bits per heavy atom. The molecule has 0 fully saturated rings. The first-order valence-corrected chi connectivity index (χ1v) is 5.50. The van der Waals surface area contributed by atoms with Crippen molar-refractivity contribution in [2.75, 3.05) is 6.61 Å². The van der Waals surface area contributed by atoms with Crippen LogP contribution in [0.15, 0.2) is 18.2 Å². The third-order valence-electron chi connectivity index (χ3n) is 2.33. The van der Waals surface area contributed by atoms with Gasteiger partial charge in [-0.05, 0) is 25.1 Å². The quantitative estimate of drug-likeness (QED) is 0.477. The van der Waals surface area contributed by atoms with E-state index in [9.17, 15) is 18.4 Å². The van der Waals surface area contributed by atoms with Crippen molar-refractivity contribution >= 4 is 11.8 Å². The van der Waals surface area contributed by atoms with Crippen molar-refractivity contribution in [3.8, 4) is 11.5 Å². The summed E-state index contributed by atoms with van der Waals surface area (Å²) >= 11 is 0. The first kappa shape index (κ1) is 13.3. The lowest BCUT2D eigenvalue weighted by Crippen LogP contribution is -2.25. The van der Waals surface area contributed by atoms with Crippen molar-refractivity contribution in [3.05, 3.63) is 23.8 Å². The summed E-state index contributed by atoms with van der Waals surface area (Å²) in [5, 5.41) is 0. The summed E-state index contributed by atoms with van der Waals surface area (Å²) in [7, 11) is 0. The normalized spacial score (nSPS) is 15.1. The molecule has 7 heteroatoms. The molecule has 1 aliphatic rings. The summed E-state index contributed by atoms with van der Waals surface area (Å²) in [4.78, 5) is 22.9. The van der Waals surface area contributed by atoms with Crippen molar-refractivity contribution in [2.24, 2.45) is 0 Å². The Bertz CT molecular complexity index is 527. The van der Waals surface area contributed by atoms with E-state index in [-0.39, 0.29) is 23.7 Å². The molecule has 2 rings (SSSR count). The van der Waals surface area contributed by atoms with Gasteiger partial charge in [-0.25, -0.2) is 0 Å². The van der Waals surface area contributed by atoms with Crippen molar-refractivity contribution in [1.29, 1.82) is 0 Å². The minimum absolute atomic E-state index is 0.0769. The summed E-state index contributed by atoms with van der Waals surface area (Å²) in [5.74, 6) is -1.60. The molecular formula is C12H10F2O5. The van der Waals surface area contributed by atoms with Crippen LogP contribution in [0.1, 0.15) is 23.7 Å². The molecule has 1 aromatic carbocycles. The van der Waals surface area contributed by atoms with Gasteiger partial charge in [-0.2, -0.15) is 0 Å². The van der Waals surface area contributed by atoms with E-state index in [1.54, 1.807) is 6.92 Å². The minimum atomic E-state index is -3.73. The lowest BCUT2D eigenvalue weighted by atomic mass is 10.1. The van der Waals surface area contributed by atoms with Crippen LogP contribution in [0.3, 0.4) is 0 Å². The van der Waals surface area contributed by atoms with E-state index in [1.165, 1.54) is 12.1 Å². The second kappa shape index (κ2) is 4.83. The van der Waals surface area contributed by atoms with Crippen LogP contribution in [0.4, 0.5) is 8.78 Å². The summed E-state index contributed by atoms with van der Waals surface area (Å²) < 4.78 is 38.6. The number of ketones is 1. The number of alkyl halides is 2. The largest absolute Gasteiger partial charge is 0.586 e. The smallest absolute Gasteiger partial charge is 0.466 e. The monoisotopic (exact) mass is 272 g/mol. The third-order valence-corrected chi connectivity index (χ3v) is 2.33. The number of Topliss-reactive ketones (excluding diaryl/α,β-unsaturated/α-hetero) is 1. The third kappa shape index (κ3) is 2.98. The predicted molar refractivity (Wildman–Crippen MR) is 58.2 cm³/mol. The zero-order valence-electron chi connectivity index (χ0n) is 9.94. The van der Waals surface area contributed by atoms with Crippen molar-refractivity contribution in [2.45, 2.75) is 19.6 Å². The summed E-state index contributed by atoms with van der Waals surface area (Å²) in [5.41, 5.74) is 0.0769. The number of hydrogen-bond donors (Lipinski definition) is 0. The standard InChI is InChI=1S/C12H10F2O5/c1-2-17-11(16)6-8(15)7-3-4-9-10(5-7)19-12(13,14)18-9/h3-5H,2,6H2,1H3. The van der Waals surface area contributed by atoms with E-state index in [1.807, 2.05) is 0 Å². The van der Waals surface area contributed by atoms with E-state index >= 15 is 0 Å². The molecule has 19 heavy (non-hydrogen) atoms. The number of benzene rings is 1. The highest BCUT2D eigenvalue weighted by atomic mass is 19.3. The highest BCUT2D eigenvalue weighted by Gasteiger charge is 2.43. The Balaban J connectivity index is 2.11. The number of esters is 1. The highest BCUT2D eigenvalue weighted by molar-refractivity contribution is 6.06. The highest BCUT2D eigenvalue weighted by Crippen LogP contribution is 2.41. The van der Waals surface area contributed by atoms with E-state index in [2.05, 4.69) is 14.2 Å². The Morgan fingerprint density at radius 2 is 1.95 bits per heavy atom. The molecular weight excluding hydrogens is 262 g/mol. The van der Waals surface area contributed by atoms with Gasteiger partial charge in [0.15, 0.2) is 17.3 Å². The Kier molecular flexibility index (Phi) is 3.37. The van der Waals surface area contributed by atoms with Crippen LogP contribution in [-0.2, 0) is 9.53 Å². The van der Waals surface area contributed by atoms with Crippen LogP contribution in [0.25, 0.3) is 0 Å². The minimum Gasteiger partial charge on any atom is -0.466 e. The molecule has 0 aliphatic carbocycles. The molecule has 0 bridgehead atoms. The topological polar surface area (TPSA) is 61.8 Å². The molecule has 0 N–H and O–H groups in total. The van der Waals surface area contributed by atoms with Crippen LogP contribution in [-0.4, -0.2) is 24.7 Å². The van der Waals surface area contributed by atoms with Crippen LogP contribution in [0.5, 0.6) is 11.5 Å². The first-order chi connectivity index (χ1) is 8.91. The molecule has 0 saturated heterocycles. The van der Waals surface area contributed by atoms with Gasteiger partial charge in [0, 0.05) is 5.56 Å². The average molecular weight is 272 g/mol. The maximum Gasteiger partial charge on any atom is 0.586 e. The fourth-order valence-corrected chi connectivity index (χ4v) is 1.57. The summed E-state index contributed by atoms with van der Waals surface area (Å²) in [6.07, 6.45) is -4.19. The van der Waals surface area contributed by atoms with Gasteiger partial charge in [0.25, 0.3) is 0 Å². The summed E-state index contributed by atoms with van der Waals surface area (Å²) in [6, 6.07) is 3.58. The van der Waals surface area contributed by atoms with Crippen molar-refractivity contribution < 1.29 is 32.6 Å². The molecule has 1 aliphatic heterocycles. The molecule has 5 nitrogen and oxygen atoms in total. The van der Waals surface area contributed by atoms with Crippen LogP contribution >= 0.6 is 0 Å². The number of fused-ring (bicyclic) bond motifs is 1. The fraction of sp³-hybridized carbons (Fsp3) is 0.333. The van der Waals surface area contributed by atoms with Crippen molar-refractivity contribution in [1.82, 2.24) is 0 Å². The molecule has 0 aromatic heterocycles. The van der Waals surface area contributed by atoms with Crippen molar-refractivity contribution in [3.63, 3.8) is 0 Å². The van der Waals surface area contributed by atoms with Crippen LogP contribution in [0.2, 0.25) is 0 Å². The Hall–Kier alpha value is -2.18. The molecule has 1 heterocycles. The number of carbonyl (C=O) groups excluding carboxylic acids is 2. The first-order valence-electron chi connectivity index (χ1n) is 5.50. The molecule has 0 amide bonds. The second-order valence-electron chi connectivity index (χ2n) is 3.73. The molecule has 0 unspecified atom stereocenters. The van der Waals surface area contributed by atoms with E-state index < -0.39 is 24.5 Å². The van der Waals surface area contributed by atoms with E-state index in [4.69, 9.17) is 0 Å². The number of rotatable bonds is 4. The Labute approximate surface area is 107 Å². The SMILES string of the molecule is CCOC(=O)CC(=O)c1ccc2c(c1)OC(F)(F)O2. The predicted octanol–water partition coefficient (Wildman–Crippen LogP) is 2.14. The lowest BCUT2D eigenvalue weighted by Gasteiger charge is -2.04. The fourth-order valence-electron chi connectivity index (χ4n) is 1.57. The molecule has 102 valence electrons. The zero-order valence-corrected chi connectivity index (χ0v) is 9.94. The van der Waals surface area contributed by atoms with Gasteiger partial charge in [0.1, 0.15) is 6.42 Å². The Morgan fingerprint density at radius 3 is 2.63 bits per heavy atom. The van der Waals surface area contributed by atoms with Gasteiger partial charge >= 0.3 is 12.3 Å². The van der Waals surface area contributed by atoms with E-state index in [0.29, 0.717) is 0 Å². The molecule has 0 radical (unpaired) electrons. The number of carbonyl (C=O) groups is 2. The van der Waals surface area contributed by atoms with Gasteiger partial charge in [-0.1, -0.05) is 0 Å². The summed E-state index contributed by atoms with van der Waals surface area (Å²) in [6.45, 7) is 1.78. The number of ether oxygens (including phenoxy) is 3. The molecule has 0 saturated carbocycles. The number of hydrogen-bond acceptors (Lipinski definition) is 5. The molecule has 1 aromatic rings. The van der Waals surface area contributed by atoms with Gasteiger partial charge in [-0.3, -0.25) is 9.59 Å². The van der Waals surface area contributed by atoms with Gasteiger partial charge in [0.2, 0.25) is 0 Å². The maximum absolute atomic E-state index is 12.8. The molecule has 0 atom stereocenters. The second-order valence-corrected chi connectivity index (χ2v) is 3.73. The van der Waals surface area contributed by atoms with Crippen LogP contribution < -0.4 is 9.47 Å². The van der Waals surface area contributed by atoms with Gasteiger partial charge < -0.3 is 14.2 Å². The van der Waals surface area contributed by atoms with E-state index in [0.717, 1.165) is 6.07 Å². The number of halogens is 2. The van der Waals surface area contributed by atoms with Crippen LogP contribution in [0, 0.1) is 0 Å². The average Bonchev–Trinajstić information content (AvgIpc) is 2.61. The van der Waals surface area contributed by atoms with Gasteiger partial charge in [-0.15, -0.1) is 8.78 Å². The van der Waals surface area contributed by atoms with Gasteiger partial charge in [0.05, 0.1) is 6.61 Å². The maximum atomic E-state index is 12.8. The zero-order chi connectivity index (χ0) is 14.0.